The summed E-state index contributed by atoms with van der Waals surface area (Å²) in [6.07, 6.45) is -0.664. The Kier molecular flexibility index (Phi) is 5.24. The van der Waals surface area contributed by atoms with Gasteiger partial charge in [0.2, 0.25) is 5.91 Å². The smallest absolute Gasteiger partial charge is 0.336 e. The first kappa shape index (κ1) is 15.4. The lowest BCUT2D eigenvalue weighted by Crippen LogP contribution is -2.48. The van der Waals surface area contributed by atoms with Gasteiger partial charge >= 0.3 is 5.97 Å². The average molecular weight is 296 g/mol. The number of amides is 1. The number of ether oxygens (including phenoxy) is 2. The molecule has 0 bridgehead atoms. The van der Waals surface area contributed by atoms with Crippen LogP contribution in [0.4, 0.5) is 10.1 Å². The molecule has 0 saturated carbocycles. The second-order valence-corrected chi connectivity index (χ2v) is 4.67. The molecule has 114 valence electrons. The maximum atomic E-state index is 12.8. The fourth-order valence-electron chi connectivity index (χ4n) is 2.06. The monoisotopic (exact) mass is 296 g/mol. The van der Waals surface area contributed by atoms with Crippen molar-refractivity contribution in [1.29, 1.82) is 0 Å². The van der Waals surface area contributed by atoms with E-state index < -0.39 is 12.1 Å². The number of hydrogen-bond donors (Lipinski definition) is 1. The van der Waals surface area contributed by atoms with Crippen LogP contribution in [-0.2, 0) is 19.1 Å². The predicted octanol–water partition coefficient (Wildman–Crippen LogP) is 0.638. The van der Waals surface area contributed by atoms with E-state index in [4.69, 9.17) is 4.74 Å². The van der Waals surface area contributed by atoms with Crippen molar-refractivity contribution in [2.24, 2.45) is 0 Å². The van der Waals surface area contributed by atoms with Crippen LogP contribution in [0.2, 0.25) is 0 Å². The minimum Gasteiger partial charge on any atom is -0.467 e. The summed E-state index contributed by atoms with van der Waals surface area (Å²) >= 11 is 0. The molecular formula is C14H17FN2O4. The zero-order chi connectivity index (χ0) is 15.2. The third-order valence-electron chi connectivity index (χ3n) is 3.11. The van der Waals surface area contributed by atoms with Gasteiger partial charge in [0, 0.05) is 18.8 Å². The van der Waals surface area contributed by atoms with Gasteiger partial charge in [-0.2, -0.15) is 0 Å². The van der Waals surface area contributed by atoms with Crippen LogP contribution in [0.3, 0.4) is 0 Å². The number of anilines is 1. The number of nitrogens with zero attached hydrogens (tertiary/aromatic N) is 1. The topological polar surface area (TPSA) is 67.9 Å². The molecule has 1 amide bonds. The van der Waals surface area contributed by atoms with Crippen LogP contribution >= 0.6 is 0 Å². The van der Waals surface area contributed by atoms with Crippen LogP contribution in [0.15, 0.2) is 24.3 Å². The number of carbonyl (C=O) groups excluding carboxylic acids is 2. The van der Waals surface area contributed by atoms with Crippen LogP contribution in [0.5, 0.6) is 0 Å². The van der Waals surface area contributed by atoms with Crippen LogP contribution in [0.1, 0.15) is 0 Å². The molecule has 1 aliphatic heterocycles. The maximum absolute atomic E-state index is 12.8. The molecule has 1 fully saturated rings. The summed E-state index contributed by atoms with van der Waals surface area (Å²) in [4.78, 5) is 25.1. The summed E-state index contributed by atoms with van der Waals surface area (Å²) in [7, 11) is 1.30. The Labute approximate surface area is 121 Å². The van der Waals surface area contributed by atoms with E-state index in [0.29, 0.717) is 25.4 Å². The molecule has 1 saturated heterocycles. The predicted molar refractivity (Wildman–Crippen MR) is 73.2 cm³/mol. The van der Waals surface area contributed by atoms with E-state index in [1.165, 1.54) is 31.4 Å². The van der Waals surface area contributed by atoms with Crippen molar-refractivity contribution in [3.05, 3.63) is 30.1 Å². The molecule has 1 atom stereocenters. The van der Waals surface area contributed by atoms with Crippen molar-refractivity contribution in [3.63, 3.8) is 0 Å². The number of carbonyl (C=O) groups is 2. The Morgan fingerprint density at radius 3 is 2.81 bits per heavy atom. The van der Waals surface area contributed by atoms with Gasteiger partial charge in [0.1, 0.15) is 5.82 Å². The SMILES string of the molecule is COC(=O)C1CN(CC(=O)Nc2ccc(F)cc2)CCO1. The van der Waals surface area contributed by atoms with Gasteiger partial charge in [0.15, 0.2) is 6.10 Å². The third kappa shape index (κ3) is 4.51. The highest BCUT2D eigenvalue weighted by molar-refractivity contribution is 5.92. The van der Waals surface area contributed by atoms with E-state index in [1.54, 1.807) is 0 Å². The summed E-state index contributed by atoms with van der Waals surface area (Å²) in [5.41, 5.74) is 0.527. The van der Waals surface area contributed by atoms with Crippen LogP contribution in [-0.4, -0.2) is 56.2 Å². The average Bonchev–Trinajstić information content (AvgIpc) is 2.49. The van der Waals surface area contributed by atoms with Crippen LogP contribution < -0.4 is 5.32 Å². The molecule has 2 rings (SSSR count). The Balaban J connectivity index is 1.84. The van der Waals surface area contributed by atoms with Gasteiger partial charge in [0.25, 0.3) is 0 Å². The van der Waals surface area contributed by atoms with Gasteiger partial charge in [0.05, 0.1) is 20.3 Å². The summed E-state index contributed by atoms with van der Waals surface area (Å²) in [6, 6.07) is 5.53. The number of halogens is 1. The number of hydrogen-bond acceptors (Lipinski definition) is 5. The number of rotatable bonds is 4. The Morgan fingerprint density at radius 1 is 1.43 bits per heavy atom. The van der Waals surface area contributed by atoms with E-state index >= 15 is 0 Å². The Hall–Kier alpha value is -1.99. The van der Waals surface area contributed by atoms with Crippen molar-refractivity contribution in [2.75, 3.05) is 38.7 Å². The second-order valence-electron chi connectivity index (χ2n) is 4.67. The van der Waals surface area contributed by atoms with Gasteiger partial charge in [-0.25, -0.2) is 9.18 Å². The van der Waals surface area contributed by atoms with Crippen molar-refractivity contribution >= 4 is 17.6 Å². The highest BCUT2D eigenvalue weighted by Gasteiger charge is 2.28. The third-order valence-corrected chi connectivity index (χ3v) is 3.11. The minimum atomic E-state index is -0.664. The van der Waals surface area contributed by atoms with Gasteiger partial charge in [-0.15, -0.1) is 0 Å². The van der Waals surface area contributed by atoms with Gasteiger partial charge in [-0.05, 0) is 24.3 Å². The van der Waals surface area contributed by atoms with E-state index in [-0.39, 0.29) is 18.3 Å². The van der Waals surface area contributed by atoms with E-state index in [2.05, 4.69) is 10.1 Å². The molecular weight excluding hydrogens is 279 g/mol. The Morgan fingerprint density at radius 2 is 2.14 bits per heavy atom. The molecule has 0 aromatic heterocycles. The van der Waals surface area contributed by atoms with Crippen molar-refractivity contribution in [2.45, 2.75) is 6.10 Å². The maximum Gasteiger partial charge on any atom is 0.336 e. The first-order chi connectivity index (χ1) is 10.1. The quantitative estimate of drug-likeness (QED) is 0.826. The molecule has 21 heavy (non-hydrogen) atoms. The van der Waals surface area contributed by atoms with Crippen LogP contribution in [0, 0.1) is 5.82 Å². The van der Waals surface area contributed by atoms with Crippen LogP contribution in [0.25, 0.3) is 0 Å². The first-order valence-corrected chi connectivity index (χ1v) is 6.55. The molecule has 1 aromatic rings. The van der Waals surface area contributed by atoms with E-state index in [1.807, 2.05) is 4.90 Å². The number of morpholine rings is 1. The number of benzene rings is 1. The normalized spacial score (nSPS) is 19.0. The highest BCUT2D eigenvalue weighted by atomic mass is 19.1. The molecule has 0 aliphatic carbocycles. The molecule has 6 nitrogen and oxygen atoms in total. The standard InChI is InChI=1S/C14H17FN2O4/c1-20-14(19)12-8-17(6-7-21-12)9-13(18)16-11-4-2-10(15)3-5-11/h2-5,12H,6-9H2,1H3,(H,16,18). The lowest BCUT2D eigenvalue weighted by molar-refractivity contribution is -0.160. The molecule has 1 unspecified atom stereocenters. The second kappa shape index (κ2) is 7.14. The molecule has 1 aliphatic rings. The Bertz CT molecular complexity index is 506. The molecule has 1 heterocycles. The first-order valence-electron chi connectivity index (χ1n) is 6.55. The molecule has 1 aromatic carbocycles. The van der Waals surface area contributed by atoms with Gasteiger partial charge in [-0.3, -0.25) is 9.69 Å². The lowest BCUT2D eigenvalue weighted by atomic mass is 10.2. The zero-order valence-electron chi connectivity index (χ0n) is 11.7. The summed E-state index contributed by atoms with van der Waals surface area (Å²) < 4.78 is 22.7. The van der Waals surface area contributed by atoms with Crippen molar-refractivity contribution in [3.8, 4) is 0 Å². The van der Waals surface area contributed by atoms with Crippen molar-refractivity contribution < 1.29 is 23.5 Å². The number of esters is 1. The summed E-state index contributed by atoms with van der Waals surface area (Å²) in [6.45, 7) is 1.37. The highest BCUT2D eigenvalue weighted by Crippen LogP contribution is 2.10. The molecule has 0 radical (unpaired) electrons. The fraction of sp³-hybridized carbons (Fsp3) is 0.429. The summed E-state index contributed by atoms with van der Waals surface area (Å²) in [5, 5.41) is 2.67. The fourth-order valence-corrected chi connectivity index (χ4v) is 2.06. The van der Waals surface area contributed by atoms with E-state index in [0.717, 1.165) is 0 Å². The lowest BCUT2D eigenvalue weighted by Gasteiger charge is -2.30. The summed E-state index contributed by atoms with van der Waals surface area (Å²) in [5.74, 6) is -1.03. The largest absolute Gasteiger partial charge is 0.467 e. The zero-order valence-corrected chi connectivity index (χ0v) is 11.7. The molecule has 0 spiro atoms. The van der Waals surface area contributed by atoms with Crippen molar-refractivity contribution in [1.82, 2.24) is 4.90 Å². The number of nitrogens with one attached hydrogen (secondary N) is 1. The van der Waals surface area contributed by atoms with E-state index in [9.17, 15) is 14.0 Å². The molecule has 1 N–H and O–H groups in total. The van der Waals surface area contributed by atoms with Gasteiger partial charge in [-0.1, -0.05) is 0 Å². The number of methoxy groups -OCH3 is 1. The van der Waals surface area contributed by atoms with Gasteiger partial charge < -0.3 is 14.8 Å². The molecule has 7 heteroatoms. The minimum absolute atomic E-state index is 0.133.